The Morgan fingerprint density at radius 1 is 1.53 bits per heavy atom. The van der Waals surface area contributed by atoms with E-state index in [9.17, 15) is 4.79 Å². The lowest BCUT2D eigenvalue weighted by Gasteiger charge is -2.20. The first-order valence-electron chi connectivity index (χ1n) is 7.16. The Kier molecular flexibility index (Phi) is 4.99. The van der Waals surface area contributed by atoms with Gasteiger partial charge in [0.2, 0.25) is 5.91 Å². The van der Waals surface area contributed by atoms with Gasteiger partial charge in [-0.25, -0.2) is 0 Å². The maximum atomic E-state index is 12.3. The van der Waals surface area contributed by atoms with Gasteiger partial charge in [0.1, 0.15) is 0 Å². The fourth-order valence-electron chi connectivity index (χ4n) is 2.96. The number of amides is 1. The van der Waals surface area contributed by atoms with Crippen LogP contribution >= 0.6 is 11.3 Å². The van der Waals surface area contributed by atoms with Crippen LogP contribution in [0.25, 0.3) is 0 Å². The molecule has 3 N–H and O–H groups in total. The van der Waals surface area contributed by atoms with E-state index >= 15 is 0 Å². The third kappa shape index (κ3) is 3.80. The lowest BCUT2D eigenvalue weighted by atomic mass is 9.95. The van der Waals surface area contributed by atoms with Crippen molar-refractivity contribution < 1.29 is 4.79 Å². The Morgan fingerprint density at radius 2 is 2.32 bits per heavy atom. The molecule has 0 aromatic carbocycles. The number of nitrogens with one attached hydrogen (secondary N) is 1. The average molecular weight is 280 g/mol. The summed E-state index contributed by atoms with van der Waals surface area (Å²) >= 11 is 1.81. The molecule has 0 spiro atoms. The zero-order valence-electron chi connectivity index (χ0n) is 11.8. The molecule has 0 saturated heterocycles. The second kappa shape index (κ2) is 6.53. The van der Waals surface area contributed by atoms with Gasteiger partial charge in [-0.1, -0.05) is 6.42 Å². The van der Waals surface area contributed by atoms with E-state index in [1.165, 1.54) is 9.75 Å². The van der Waals surface area contributed by atoms with Crippen LogP contribution in [-0.2, 0) is 11.2 Å². The van der Waals surface area contributed by atoms with Gasteiger partial charge in [0.05, 0.1) is 0 Å². The normalized spacial score (nSPS) is 24.4. The van der Waals surface area contributed by atoms with E-state index in [4.69, 9.17) is 5.73 Å². The summed E-state index contributed by atoms with van der Waals surface area (Å²) in [6, 6.07) is 4.49. The minimum Gasteiger partial charge on any atom is -0.353 e. The Hall–Kier alpha value is -0.870. The fourth-order valence-corrected chi connectivity index (χ4v) is 3.98. The zero-order valence-corrected chi connectivity index (χ0v) is 12.6. The van der Waals surface area contributed by atoms with Crippen LogP contribution in [0.5, 0.6) is 0 Å². The molecule has 1 saturated carbocycles. The van der Waals surface area contributed by atoms with Gasteiger partial charge in [0, 0.05) is 28.1 Å². The van der Waals surface area contributed by atoms with Gasteiger partial charge >= 0.3 is 0 Å². The number of aryl methyl sites for hydroxylation is 1. The van der Waals surface area contributed by atoms with E-state index in [2.05, 4.69) is 31.3 Å². The van der Waals surface area contributed by atoms with Crippen LogP contribution in [0.15, 0.2) is 12.1 Å². The molecule has 1 aromatic heterocycles. The van der Waals surface area contributed by atoms with Crippen molar-refractivity contribution in [2.45, 2.75) is 45.6 Å². The van der Waals surface area contributed by atoms with E-state index in [0.717, 1.165) is 25.7 Å². The number of hydrogen-bond acceptors (Lipinski definition) is 3. The predicted octanol–water partition coefficient (Wildman–Crippen LogP) is 2.48. The topological polar surface area (TPSA) is 55.1 Å². The Labute approximate surface area is 119 Å². The fraction of sp³-hybridized carbons (Fsp3) is 0.667. The molecule has 1 aromatic rings. The highest BCUT2D eigenvalue weighted by atomic mass is 32.1. The number of hydrogen-bond donors (Lipinski definition) is 2. The third-order valence-corrected chi connectivity index (χ3v) is 5.01. The lowest BCUT2D eigenvalue weighted by molar-refractivity contribution is -0.126. The Bertz CT molecular complexity index is 430. The van der Waals surface area contributed by atoms with Crippen LogP contribution in [0.4, 0.5) is 0 Å². The molecule has 1 amide bonds. The second-order valence-electron chi connectivity index (χ2n) is 5.66. The minimum atomic E-state index is 0.137. The van der Waals surface area contributed by atoms with Crippen LogP contribution in [0.1, 0.15) is 35.9 Å². The summed E-state index contributed by atoms with van der Waals surface area (Å²) in [5.74, 6) is 0.724. The summed E-state index contributed by atoms with van der Waals surface area (Å²) in [5.41, 5.74) is 5.74. The van der Waals surface area contributed by atoms with Crippen molar-refractivity contribution in [1.82, 2.24) is 5.32 Å². The van der Waals surface area contributed by atoms with E-state index in [-0.39, 0.29) is 17.9 Å². The van der Waals surface area contributed by atoms with Crippen molar-refractivity contribution in [3.8, 4) is 0 Å². The number of carbonyl (C=O) groups is 1. The number of nitrogens with two attached hydrogens (primary N) is 1. The molecule has 1 aliphatic carbocycles. The quantitative estimate of drug-likeness (QED) is 0.870. The van der Waals surface area contributed by atoms with E-state index in [0.29, 0.717) is 12.5 Å². The first kappa shape index (κ1) is 14.5. The molecule has 19 heavy (non-hydrogen) atoms. The standard InChI is InChI=1S/C15H24N2OS/c1-10(8-13-7-6-11(2)19-13)17-15(18)14-5-3-4-12(14)9-16/h6-7,10,12,14H,3-5,8-9,16H2,1-2H3,(H,17,18)/t10?,12-,14-/m1/s1. The first-order valence-corrected chi connectivity index (χ1v) is 7.97. The molecule has 1 unspecified atom stereocenters. The van der Waals surface area contributed by atoms with E-state index < -0.39 is 0 Å². The van der Waals surface area contributed by atoms with Gasteiger partial charge in [-0.3, -0.25) is 4.79 Å². The predicted molar refractivity (Wildman–Crippen MR) is 80.3 cm³/mol. The van der Waals surface area contributed by atoms with Crippen molar-refractivity contribution >= 4 is 17.2 Å². The SMILES string of the molecule is Cc1ccc(CC(C)NC(=O)[C@@H]2CCC[C@@H]2CN)s1. The largest absolute Gasteiger partial charge is 0.353 e. The minimum absolute atomic E-state index is 0.137. The summed E-state index contributed by atoms with van der Waals surface area (Å²) in [7, 11) is 0. The molecule has 1 heterocycles. The molecular formula is C15H24N2OS. The Morgan fingerprint density at radius 3 is 2.95 bits per heavy atom. The van der Waals surface area contributed by atoms with Gasteiger partial charge in [0.25, 0.3) is 0 Å². The van der Waals surface area contributed by atoms with Gasteiger partial charge in [-0.2, -0.15) is 0 Å². The molecule has 4 heteroatoms. The number of rotatable bonds is 5. The van der Waals surface area contributed by atoms with E-state index in [1.807, 2.05) is 11.3 Å². The van der Waals surface area contributed by atoms with Crippen molar-refractivity contribution in [2.75, 3.05) is 6.54 Å². The Balaban J connectivity index is 1.84. The number of thiophene rings is 1. The zero-order chi connectivity index (χ0) is 13.8. The molecule has 1 aliphatic rings. The number of carbonyl (C=O) groups excluding carboxylic acids is 1. The summed E-state index contributed by atoms with van der Waals surface area (Å²) < 4.78 is 0. The van der Waals surface area contributed by atoms with Crippen LogP contribution in [-0.4, -0.2) is 18.5 Å². The van der Waals surface area contributed by atoms with Gasteiger partial charge in [0.15, 0.2) is 0 Å². The molecule has 3 atom stereocenters. The summed E-state index contributed by atoms with van der Waals surface area (Å²) in [6.45, 7) is 4.83. The second-order valence-corrected chi connectivity index (χ2v) is 7.03. The highest BCUT2D eigenvalue weighted by Crippen LogP contribution is 2.31. The molecule has 2 rings (SSSR count). The van der Waals surface area contributed by atoms with Crippen molar-refractivity contribution in [2.24, 2.45) is 17.6 Å². The average Bonchev–Trinajstić information content (AvgIpc) is 2.97. The van der Waals surface area contributed by atoms with Crippen molar-refractivity contribution in [3.05, 3.63) is 21.9 Å². The first-order chi connectivity index (χ1) is 9.10. The molecule has 1 fully saturated rings. The van der Waals surface area contributed by atoms with Gasteiger partial charge < -0.3 is 11.1 Å². The molecular weight excluding hydrogens is 256 g/mol. The van der Waals surface area contributed by atoms with Crippen LogP contribution < -0.4 is 11.1 Å². The van der Waals surface area contributed by atoms with Crippen molar-refractivity contribution in [3.63, 3.8) is 0 Å². The van der Waals surface area contributed by atoms with Crippen LogP contribution in [0.2, 0.25) is 0 Å². The van der Waals surface area contributed by atoms with E-state index in [1.54, 1.807) is 0 Å². The highest BCUT2D eigenvalue weighted by Gasteiger charge is 2.32. The lowest BCUT2D eigenvalue weighted by Crippen LogP contribution is -2.40. The maximum absolute atomic E-state index is 12.3. The third-order valence-electron chi connectivity index (χ3n) is 3.99. The van der Waals surface area contributed by atoms with Crippen LogP contribution in [0, 0.1) is 18.8 Å². The maximum Gasteiger partial charge on any atom is 0.223 e. The summed E-state index contributed by atoms with van der Waals surface area (Å²) in [6.07, 6.45) is 4.16. The monoisotopic (exact) mass is 280 g/mol. The summed E-state index contributed by atoms with van der Waals surface area (Å²) in [5, 5.41) is 3.16. The van der Waals surface area contributed by atoms with Crippen LogP contribution in [0.3, 0.4) is 0 Å². The van der Waals surface area contributed by atoms with Gasteiger partial charge in [-0.05, 0) is 51.3 Å². The molecule has 0 aliphatic heterocycles. The molecule has 0 radical (unpaired) electrons. The molecule has 0 bridgehead atoms. The highest BCUT2D eigenvalue weighted by molar-refractivity contribution is 7.11. The molecule has 3 nitrogen and oxygen atoms in total. The van der Waals surface area contributed by atoms with Crippen molar-refractivity contribution in [1.29, 1.82) is 0 Å². The molecule has 106 valence electrons. The van der Waals surface area contributed by atoms with Gasteiger partial charge in [-0.15, -0.1) is 11.3 Å². The summed E-state index contributed by atoms with van der Waals surface area (Å²) in [4.78, 5) is 14.9. The smallest absolute Gasteiger partial charge is 0.223 e.